The van der Waals surface area contributed by atoms with Gasteiger partial charge in [0.15, 0.2) is 0 Å². The number of ketones is 1. The van der Waals surface area contributed by atoms with E-state index in [9.17, 15) is 9.90 Å². The molecule has 0 rings (SSSR count). The summed E-state index contributed by atoms with van der Waals surface area (Å²) in [4.78, 5) is 10.5. The van der Waals surface area contributed by atoms with Gasteiger partial charge < -0.3 is 5.11 Å². The summed E-state index contributed by atoms with van der Waals surface area (Å²) in [5.41, 5.74) is 0.0443. The summed E-state index contributed by atoms with van der Waals surface area (Å²) in [6.45, 7) is 6.77. The number of hydrogen-bond donors (Lipinski definition) is 1. The zero-order valence-electron chi connectivity index (χ0n) is 7.64. The van der Waals surface area contributed by atoms with E-state index in [2.05, 4.69) is 0 Å². The van der Waals surface area contributed by atoms with Crippen molar-refractivity contribution in [3.63, 3.8) is 0 Å². The summed E-state index contributed by atoms with van der Waals surface area (Å²) in [6, 6.07) is 0. The van der Waals surface area contributed by atoms with Gasteiger partial charge in [0.05, 0.1) is 5.60 Å². The lowest BCUT2D eigenvalue weighted by Crippen LogP contribution is -2.20. The van der Waals surface area contributed by atoms with Crippen LogP contribution in [0.15, 0.2) is 11.6 Å². The van der Waals surface area contributed by atoms with E-state index in [0.717, 1.165) is 5.57 Å². The van der Waals surface area contributed by atoms with Gasteiger partial charge >= 0.3 is 0 Å². The minimum absolute atomic E-state index is 0.119. The van der Waals surface area contributed by atoms with Crippen molar-refractivity contribution < 1.29 is 9.90 Å². The summed E-state index contributed by atoms with van der Waals surface area (Å²) in [5, 5.41) is 9.42. The Morgan fingerprint density at radius 2 is 1.91 bits per heavy atom. The van der Waals surface area contributed by atoms with Gasteiger partial charge in [-0.2, -0.15) is 0 Å². The normalized spacial score (nSPS) is 13.4. The molecule has 0 amide bonds. The highest BCUT2D eigenvalue weighted by Crippen LogP contribution is 2.14. The predicted molar refractivity (Wildman–Crippen MR) is 45.4 cm³/mol. The number of carbonyl (C=O) groups is 1. The van der Waals surface area contributed by atoms with Gasteiger partial charge in [-0.25, -0.2) is 0 Å². The standard InChI is InChI=1S/C9H16O2/c1-7(9(3,4)11)5-6-8(2)10/h5,11H,6H2,1-4H3/b7-5+. The minimum atomic E-state index is -0.796. The van der Waals surface area contributed by atoms with Gasteiger partial charge in [0, 0.05) is 6.42 Å². The predicted octanol–water partition coefficient (Wildman–Crippen LogP) is 1.68. The topological polar surface area (TPSA) is 37.3 Å². The van der Waals surface area contributed by atoms with Gasteiger partial charge in [-0.3, -0.25) is 4.79 Å². The van der Waals surface area contributed by atoms with Crippen molar-refractivity contribution in [2.24, 2.45) is 0 Å². The van der Waals surface area contributed by atoms with E-state index in [-0.39, 0.29) is 5.78 Å². The third kappa shape index (κ3) is 4.73. The maximum absolute atomic E-state index is 10.5. The van der Waals surface area contributed by atoms with Crippen molar-refractivity contribution >= 4 is 5.78 Å². The van der Waals surface area contributed by atoms with Crippen LogP contribution in [0.25, 0.3) is 0 Å². The molecule has 11 heavy (non-hydrogen) atoms. The average molecular weight is 156 g/mol. The molecular formula is C9H16O2. The fraction of sp³-hybridized carbons (Fsp3) is 0.667. The highest BCUT2D eigenvalue weighted by Gasteiger charge is 2.13. The molecule has 0 aliphatic carbocycles. The van der Waals surface area contributed by atoms with Crippen molar-refractivity contribution in [2.75, 3.05) is 0 Å². The van der Waals surface area contributed by atoms with Crippen LogP contribution in [0, 0.1) is 0 Å². The Balaban J connectivity index is 4.12. The molecule has 0 aromatic carbocycles. The zero-order valence-corrected chi connectivity index (χ0v) is 7.64. The largest absolute Gasteiger partial charge is 0.386 e. The monoisotopic (exact) mass is 156 g/mol. The molecule has 2 heteroatoms. The van der Waals surface area contributed by atoms with Crippen LogP contribution in [-0.2, 0) is 4.79 Å². The van der Waals surface area contributed by atoms with Gasteiger partial charge in [-0.05, 0) is 33.3 Å². The highest BCUT2D eigenvalue weighted by molar-refractivity contribution is 5.77. The molecular weight excluding hydrogens is 140 g/mol. The molecule has 1 N–H and O–H groups in total. The van der Waals surface area contributed by atoms with E-state index in [1.165, 1.54) is 6.92 Å². The van der Waals surface area contributed by atoms with Gasteiger partial charge in [-0.1, -0.05) is 6.08 Å². The number of rotatable bonds is 3. The van der Waals surface area contributed by atoms with E-state index in [0.29, 0.717) is 6.42 Å². The van der Waals surface area contributed by atoms with Crippen molar-refractivity contribution in [1.29, 1.82) is 0 Å². The molecule has 0 saturated carbocycles. The van der Waals surface area contributed by atoms with Gasteiger partial charge in [0.25, 0.3) is 0 Å². The van der Waals surface area contributed by atoms with Crippen LogP contribution in [0.5, 0.6) is 0 Å². The molecule has 0 aliphatic heterocycles. The second-order valence-electron chi connectivity index (χ2n) is 3.35. The van der Waals surface area contributed by atoms with Crippen LogP contribution in [0.3, 0.4) is 0 Å². The molecule has 0 unspecified atom stereocenters. The summed E-state index contributed by atoms with van der Waals surface area (Å²) in [5.74, 6) is 0.119. The molecule has 64 valence electrons. The fourth-order valence-corrected chi connectivity index (χ4v) is 0.547. The smallest absolute Gasteiger partial charge is 0.133 e. The van der Waals surface area contributed by atoms with Gasteiger partial charge in [-0.15, -0.1) is 0 Å². The number of carbonyl (C=O) groups excluding carboxylic acids is 1. The Morgan fingerprint density at radius 3 is 2.18 bits per heavy atom. The molecule has 0 bridgehead atoms. The molecule has 2 nitrogen and oxygen atoms in total. The summed E-state index contributed by atoms with van der Waals surface area (Å²) < 4.78 is 0. The van der Waals surface area contributed by atoms with Gasteiger partial charge in [0.1, 0.15) is 5.78 Å². The Hall–Kier alpha value is -0.630. The lowest BCUT2D eigenvalue weighted by Gasteiger charge is -2.17. The van der Waals surface area contributed by atoms with E-state index in [1.807, 2.05) is 6.92 Å². The lowest BCUT2D eigenvalue weighted by molar-refractivity contribution is -0.116. The van der Waals surface area contributed by atoms with Crippen LogP contribution < -0.4 is 0 Å². The molecule has 0 spiro atoms. The van der Waals surface area contributed by atoms with Crippen molar-refractivity contribution in [2.45, 2.75) is 39.7 Å². The van der Waals surface area contributed by atoms with E-state index >= 15 is 0 Å². The molecule has 0 radical (unpaired) electrons. The molecule has 0 aliphatic rings. The van der Waals surface area contributed by atoms with Gasteiger partial charge in [0.2, 0.25) is 0 Å². The molecule has 0 aromatic heterocycles. The number of hydrogen-bond acceptors (Lipinski definition) is 2. The Labute approximate surface area is 67.9 Å². The first-order valence-corrected chi connectivity index (χ1v) is 3.73. The zero-order chi connectivity index (χ0) is 9.07. The molecule has 0 atom stereocenters. The summed E-state index contributed by atoms with van der Waals surface area (Å²) >= 11 is 0. The van der Waals surface area contributed by atoms with Crippen molar-refractivity contribution in [3.05, 3.63) is 11.6 Å². The first-order chi connectivity index (χ1) is 4.84. The minimum Gasteiger partial charge on any atom is -0.386 e. The lowest BCUT2D eigenvalue weighted by atomic mass is 9.98. The van der Waals surface area contributed by atoms with Crippen molar-refractivity contribution in [1.82, 2.24) is 0 Å². The second kappa shape index (κ2) is 3.67. The molecule has 0 heterocycles. The number of aliphatic hydroxyl groups is 1. The Bertz CT molecular complexity index is 172. The quantitative estimate of drug-likeness (QED) is 0.631. The van der Waals surface area contributed by atoms with Crippen LogP contribution in [0.2, 0.25) is 0 Å². The first kappa shape index (κ1) is 10.4. The van der Waals surface area contributed by atoms with E-state index < -0.39 is 5.60 Å². The maximum atomic E-state index is 10.5. The third-order valence-corrected chi connectivity index (χ3v) is 1.66. The Kier molecular flexibility index (Phi) is 3.46. The fourth-order valence-electron chi connectivity index (χ4n) is 0.547. The van der Waals surface area contributed by atoms with Crippen LogP contribution in [-0.4, -0.2) is 16.5 Å². The van der Waals surface area contributed by atoms with E-state index in [1.54, 1.807) is 19.9 Å². The van der Waals surface area contributed by atoms with Crippen LogP contribution >= 0.6 is 0 Å². The average Bonchev–Trinajstić information content (AvgIpc) is 1.80. The molecule has 0 saturated heterocycles. The highest BCUT2D eigenvalue weighted by atomic mass is 16.3. The SMILES string of the molecule is CC(=O)C/C=C(\C)C(C)(C)O. The Morgan fingerprint density at radius 1 is 1.45 bits per heavy atom. The van der Waals surface area contributed by atoms with Crippen molar-refractivity contribution in [3.8, 4) is 0 Å². The molecule has 0 fully saturated rings. The van der Waals surface area contributed by atoms with E-state index in [4.69, 9.17) is 0 Å². The second-order valence-corrected chi connectivity index (χ2v) is 3.35. The number of Topliss-reactive ketones (excluding diaryl/α,β-unsaturated/α-hetero) is 1. The van der Waals surface area contributed by atoms with Crippen LogP contribution in [0.4, 0.5) is 0 Å². The van der Waals surface area contributed by atoms with Crippen LogP contribution in [0.1, 0.15) is 34.1 Å². The summed E-state index contributed by atoms with van der Waals surface area (Å²) in [6.07, 6.45) is 2.18. The third-order valence-electron chi connectivity index (χ3n) is 1.66. The molecule has 0 aromatic rings. The first-order valence-electron chi connectivity index (χ1n) is 3.73. The maximum Gasteiger partial charge on any atom is 0.133 e. The summed E-state index contributed by atoms with van der Waals surface area (Å²) in [7, 11) is 0. The number of allylic oxidation sites excluding steroid dienone is 1.